The van der Waals surface area contributed by atoms with E-state index in [0.29, 0.717) is 37.3 Å². The molecule has 34 heavy (non-hydrogen) atoms. The molecule has 1 heterocycles. The first-order chi connectivity index (χ1) is 16.2. The van der Waals surface area contributed by atoms with Crippen LogP contribution in [0.5, 0.6) is 0 Å². The molecule has 2 aromatic carbocycles. The van der Waals surface area contributed by atoms with Crippen molar-refractivity contribution in [1.29, 1.82) is 0 Å². The van der Waals surface area contributed by atoms with E-state index in [2.05, 4.69) is 15.0 Å². The summed E-state index contributed by atoms with van der Waals surface area (Å²) in [6.07, 6.45) is 3.89. The van der Waals surface area contributed by atoms with Gasteiger partial charge in [-0.3, -0.25) is 4.79 Å². The van der Waals surface area contributed by atoms with Gasteiger partial charge >= 0.3 is 0 Å². The summed E-state index contributed by atoms with van der Waals surface area (Å²) in [6.45, 7) is 3.61. The van der Waals surface area contributed by atoms with Crippen LogP contribution in [0.3, 0.4) is 0 Å². The van der Waals surface area contributed by atoms with E-state index in [-0.39, 0.29) is 34.6 Å². The zero-order valence-corrected chi connectivity index (χ0v) is 19.9. The lowest BCUT2D eigenvalue weighted by molar-refractivity contribution is -0.126. The molecule has 1 atom stereocenters. The van der Waals surface area contributed by atoms with E-state index in [4.69, 9.17) is 4.42 Å². The standard InChI is InChI=1S/C25H28FN3O4S/c1-16(18-3-9-21(26)10-4-18)27-25(30)20-5-11-22(12-6-20)29-34(31,32)23-13-7-19(8-14-23)24-15-33-17(2)28-24/h3-4,7-10,13-16,20,22,29H,5-6,11-12H2,1-2H3,(H,27,30)/t16-,20-,22-/m1/s1. The molecule has 9 heteroatoms. The van der Waals surface area contributed by atoms with Crippen molar-refractivity contribution in [2.45, 2.75) is 56.5 Å². The van der Waals surface area contributed by atoms with Gasteiger partial charge in [-0.1, -0.05) is 24.3 Å². The first-order valence-electron chi connectivity index (χ1n) is 11.3. The van der Waals surface area contributed by atoms with Gasteiger partial charge in [0.25, 0.3) is 0 Å². The van der Waals surface area contributed by atoms with Gasteiger partial charge in [-0.05, 0) is 62.4 Å². The third kappa shape index (κ3) is 5.71. The first kappa shape index (κ1) is 24.1. The third-order valence-electron chi connectivity index (χ3n) is 6.23. The maximum absolute atomic E-state index is 13.1. The Hall–Kier alpha value is -3.04. The summed E-state index contributed by atoms with van der Waals surface area (Å²) in [4.78, 5) is 17.1. The van der Waals surface area contributed by atoms with Crippen molar-refractivity contribution in [3.05, 3.63) is 72.1 Å². The molecule has 0 radical (unpaired) electrons. The van der Waals surface area contributed by atoms with Gasteiger partial charge in [-0.15, -0.1) is 0 Å². The van der Waals surface area contributed by atoms with Crippen LogP contribution in [0.2, 0.25) is 0 Å². The highest BCUT2D eigenvalue weighted by Gasteiger charge is 2.29. The van der Waals surface area contributed by atoms with Crippen molar-refractivity contribution in [2.75, 3.05) is 0 Å². The number of nitrogens with one attached hydrogen (secondary N) is 2. The number of aromatic nitrogens is 1. The lowest BCUT2D eigenvalue weighted by Crippen LogP contribution is -2.41. The van der Waals surface area contributed by atoms with Gasteiger partial charge < -0.3 is 9.73 Å². The normalized spacial score (nSPS) is 19.5. The molecule has 0 aliphatic heterocycles. The van der Waals surface area contributed by atoms with Crippen molar-refractivity contribution in [3.63, 3.8) is 0 Å². The number of carbonyl (C=O) groups is 1. The monoisotopic (exact) mass is 485 g/mol. The van der Waals surface area contributed by atoms with Crippen LogP contribution in [-0.2, 0) is 14.8 Å². The molecule has 7 nitrogen and oxygen atoms in total. The Morgan fingerprint density at radius 2 is 1.71 bits per heavy atom. The molecule has 1 saturated carbocycles. The third-order valence-corrected chi connectivity index (χ3v) is 7.76. The Labute approximate surface area is 198 Å². The fourth-order valence-electron chi connectivity index (χ4n) is 4.23. The molecule has 1 aliphatic rings. The molecule has 1 fully saturated rings. The van der Waals surface area contributed by atoms with Crippen molar-refractivity contribution in [3.8, 4) is 11.3 Å². The topological polar surface area (TPSA) is 101 Å². The van der Waals surface area contributed by atoms with Crippen molar-refractivity contribution >= 4 is 15.9 Å². The number of amides is 1. The number of carbonyl (C=O) groups excluding carboxylic acids is 1. The second-order valence-corrected chi connectivity index (χ2v) is 10.4. The average molecular weight is 486 g/mol. The second kappa shape index (κ2) is 10.1. The van der Waals surface area contributed by atoms with E-state index < -0.39 is 10.0 Å². The van der Waals surface area contributed by atoms with Crippen molar-refractivity contribution in [1.82, 2.24) is 15.0 Å². The predicted octanol–water partition coefficient (Wildman–Crippen LogP) is 4.50. The van der Waals surface area contributed by atoms with Crippen LogP contribution in [0.15, 0.2) is 64.1 Å². The van der Waals surface area contributed by atoms with Gasteiger partial charge in [-0.2, -0.15) is 0 Å². The highest BCUT2D eigenvalue weighted by atomic mass is 32.2. The minimum Gasteiger partial charge on any atom is -0.449 e. The van der Waals surface area contributed by atoms with Crippen LogP contribution in [0.25, 0.3) is 11.3 Å². The van der Waals surface area contributed by atoms with Crippen LogP contribution in [0.1, 0.15) is 50.1 Å². The smallest absolute Gasteiger partial charge is 0.240 e. The molecule has 3 aromatic rings. The van der Waals surface area contributed by atoms with E-state index in [1.165, 1.54) is 18.4 Å². The number of aryl methyl sites for hydroxylation is 1. The van der Waals surface area contributed by atoms with Crippen LogP contribution < -0.4 is 10.0 Å². The van der Waals surface area contributed by atoms with E-state index in [0.717, 1.165) is 11.1 Å². The molecule has 0 spiro atoms. The molecule has 0 bridgehead atoms. The van der Waals surface area contributed by atoms with Crippen LogP contribution in [0, 0.1) is 18.7 Å². The molecular formula is C25H28FN3O4S. The van der Waals surface area contributed by atoms with Gasteiger partial charge in [0.05, 0.1) is 10.9 Å². The molecule has 1 aromatic heterocycles. The zero-order chi connectivity index (χ0) is 24.3. The van der Waals surface area contributed by atoms with E-state index in [1.807, 2.05) is 6.92 Å². The Morgan fingerprint density at radius 1 is 1.06 bits per heavy atom. The van der Waals surface area contributed by atoms with Gasteiger partial charge in [-0.25, -0.2) is 22.5 Å². The molecule has 0 unspecified atom stereocenters. The van der Waals surface area contributed by atoms with E-state index >= 15 is 0 Å². The van der Waals surface area contributed by atoms with E-state index in [9.17, 15) is 17.6 Å². The summed E-state index contributed by atoms with van der Waals surface area (Å²) < 4.78 is 46.8. The lowest BCUT2D eigenvalue weighted by Gasteiger charge is -2.29. The summed E-state index contributed by atoms with van der Waals surface area (Å²) in [6, 6.07) is 12.1. The number of rotatable bonds is 7. The second-order valence-electron chi connectivity index (χ2n) is 8.73. The fraction of sp³-hybridized carbons (Fsp3) is 0.360. The van der Waals surface area contributed by atoms with Crippen LogP contribution in [-0.4, -0.2) is 25.4 Å². The van der Waals surface area contributed by atoms with E-state index in [1.54, 1.807) is 43.3 Å². The Kier molecular flexibility index (Phi) is 7.13. The molecule has 180 valence electrons. The van der Waals surface area contributed by atoms with Gasteiger partial charge in [0.15, 0.2) is 5.89 Å². The minimum absolute atomic E-state index is 0.0585. The number of nitrogens with zero attached hydrogens (tertiary/aromatic N) is 1. The Morgan fingerprint density at radius 3 is 2.29 bits per heavy atom. The summed E-state index contributed by atoms with van der Waals surface area (Å²) in [5, 5.41) is 2.98. The summed E-state index contributed by atoms with van der Waals surface area (Å²) in [5.41, 5.74) is 2.26. The number of sulfonamides is 1. The zero-order valence-electron chi connectivity index (χ0n) is 19.1. The largest absolute Gasteiger partial charge is 0.449 e. The summed E-state index contributed by atoms with van der Waals surface area (Å²) in [7, 11) is -3.67. The quantitative estimate of drug-likeness (QED) is 0.513. The summed E-state index contributed by atoms with van der Waals surface area (Å²) >= 11 is 0. The van der Waals surface area contributed by atoms with Gasteiger partial charge in [0.1, 0.15) is 17.8 Å². The van der Waals surface area contributed by atoms with Crippen LogP contribution >= 0.6 is 0 Å². The number of benzene rings is 2. The molecule has 2 N–H and O–H groups in total. The van der Waals surface area contributed by atoms with Crippen LogP contribution in [0.4, 0.5) is 4.39 Å². The highest BCUT2D eigenvalue weighted by molar-refractivity contribution is 7.89. The number of oxazole rings is 1. The van der Waals surface area contributed by atoms with Gasteiger partial charge in [0.2, 0.25) is 15.9 Å². The minimum atomic E-state index is -3.67. The van der Waals surface area contributed by atoms with Crippen molar-refractivity contribution < 1.29 is 22.0 Å². The number of hydrogen-bond donors (Lipinski definition) is 2. The molecule has 1 amide bonds. The number of hydrogen-bond acceptors (Lipinski definition) is 5. The molecule has 0 saturated heterocycles. The maximum Gasteiger partial charge on any atom is 0.240 e. The van der Waals surface area contributed by atoms with Crippen molar-refractivity contribution in [2.24, 2.45) is 5.92 Å². The highest BCUT2D eigenvalue weighted by Crippen LogP contribution is 2.27. The Balaban J connectivity index is 1.29. The molecule has 4 rings (SSSR count). The SMILES string of the molecule is Cc1nc(-c2ccc(S(=O)(=O)N[C@H]3CC[C@H](C(=O)N[C@H](C)c4ccc(F)cc4)CC3)cc2)co1. The van der Waals surface area contributed by atoms with Gasteiger partial charge in [0, 0.05) is 24.4 Å². The Bertz CT molecular complexity index is 1230. The first-order valence-corrected chi connectivity index (χ1v) is 12.8. The predicted molar refractivity (Wildman–Crippen MR) is 126 cm³/mol. The maximum atomic E-state index is 13.1. The average Bonchev–Trinajstić information content (AvgIpc) is 3.26. The number of halogens is 1. The lowest BCUT2D eigenvalue weighted by atomic mass is 9.85. The molecule has 1 aliphatic carbocycles. The molecular weight excluding hydrogens is 457 g/mol. The fourth-order valence-corrected chi connectivity index (χ4v) is 5.53. The summed E-state index contributed by atoms with van der Waals surface area (Å²) in [5.74, 6) is -0.00252.